The van der Waals surface area contributed by atoms with Gasteiger partial charge in [-0.15, -0.1) is 10.0 Å². The van der Waals surface area contributed by atoms with Crippen LogP contribution in [-0.2, 0) is 4.79 Å². The Bertz CT molecular complexity index is 311. The largest absolute Gasteiger partial charge is 0.303 e. The lowest BCUT2D eigenvalue weighted by atomic mass is 10.6. The van der Waals surface area contributed by atoms with E-state index in [1.54, 1.807) is 12.2 Å². The van der Waals surface area contributed by atoms with E-state index in [9.17, 15) is 14.9 Å². The lowest BCUT2D eigenvalue weighted by molar-refractivity contribution is -0.410. The van der Waals surface area contributed by atoms with Crippen molar-refractivity contribution in [3.63, 3.8) is 0 Å². The number of hydrogen-bond donors (Lipinski definition) is 0. The first-order chi connectivity index (χ1) is 6.66. The van der Waals surface area contributed by atoms with Crippen LogP contribution in [-0.4, -0.2) is 22.7 Å². The summed E-state index contributed by atoms with van der Waals surface area (Å²) in [5, 5.41) is 13.0. The maximum atomic E-state index is 10.8. The molecule has 0 aromatic heterocycles. The van der Waals surface area contributed by atoms with Gasteiger partial charge in [-0.25, -0.2) is 0 Å². The van der Waals surface area contributed by atoms with Crippen LogP contribution in [0, 0.1) is 10.1 Å². The molecule has 0 N–H and O–H groups in total. The summed E-state index contributed by atoms with van der Waals surface area (Å²) in [4.78, 5) is 20.7. The summed E-state index contributed by atoms with van der Waals surface area (Å²) >= 11 is 0. The highest BCUT2D eigenvalue weighted by atomic mass is 32.3. The predicted molar refractivity (Wildman–Crippen MR) is 57.9 cm³/mol. The van der Waals surface area contributed by atoms with E-state index >= 15 is 0 Å². The molecule has 0 aliphatic carbocycles. The van der Waals surface area contributed by atoms with Crippen LogP contribution in [0.3, 0.4) is 0 Å². The number of nitrogens with zero attached hydrogens (tertiary/aromatic N) is 1. The van der Waals surface area contributed by atoms with Crippen molar-refractivity contribution in [3.05, 3.63) is 32.7 Å². The number of aldehydes is 1. The summed E-state index contributed by atoms with van der Waals surface area (Å²) in [5.41, 5.74) is 0. The van der Waals surface area contributed by atoms with Crippen molar-refractivity contribution >= 4 is 16.3 Å². The smallest absolute Gasteiger partial charge is 0.289 e. The Balaban J connectivity index is 2.88. The quantitative estimate of drug-likeness (QED) is 0.400. The monoisotopic (exact) mass is 215 g/mol. The average Bonchev–Trinajstić information content (AvgIpc) is 2.59. The second-order valence-electron chi connectivity index (χ2n) is 2.98. The second kappa shape index (κ2) is 4.41. The fourth-order valence-electron chi connectivity index (χ4n) is 1.51. The fraction of sp³-hybridized carbons (Fsp3) is 0.444. The van der Waals surface area contributed by atoms with Gasteiger partial charge in [-0.3, -0.25) is 10.1 Å². The van der Waals surface area contributed by atoms with Gasteiger partial charge in [0.05, 0.1) is 4.92 Å². The minimum Gasteiger partial charge on any atom is -0.303 e. The van der Waals surface area contributed by atoms with Crippen LogP contribution in [0.4, 0.5) is 0 Å². The second-order valence-corrected chi connectivity index (χ2v) is 6.55. The van der Waals surface area contributed by atoms with E-state index < -0.39 is 10.0 Å². The molecule has 1 atom stereocenters. The van der Waals surface area contributed by atoms with Crippen LogP contribution >= 0.6 is 10.0 Å². The molecule has 0 aromatic carbocycles. The van der Waals surface area contributed by atoms with Crippen molar-refractivity contribution in [2.75, 3.05) is 11.5 Å². The zero-order valence-corrected chi connectivity index (χ0v) is 8.83. The maximum Gasteiger partial charge on any atom is 0.289 e. The Hall–Kier alpha value is -1.10. The molecule has 0 spiro atoms. The van der Waals surface area contributed by atoms with Crippen LogP contribution in [0.2, 0.25) is 0 Å². The summed E-state index contributed by atoms with van der Waals surface area (Å²) in [6.07, 6.45) is 4.53. The van der Waals surface area contributed by atoms with Gasteiger partial charge in [-0.1, -0.05) is 6.92 Å². The molecule has 78 valence electrons. The first-order valence-electron chi connectivity index (χ1n) is 4.41. The van der Waals surface area contributed by atoms with Gasteiger partial charge in [0.15, 0.2) is 0 Å². The van der Waals surface area contributed by atoms with E-state index in [0.29, 0.717) is 17.2 Å². The third kappa shape index (κ3) is 1.87. The SMILES string of the molecule is CCS1(CCC=O)C=CC=C1[N+](=O)[O-]. The number of nitro groups is 1. The molecule has 1 aliphatic rings. The summed E-state index contributed by atoms with van der Waals surface area (Å²) in [7, 11) is -1.45. The number of hydrogen-bond acceptors (Lipinski definition) is 3. The molecule has 14 heavy (non-hydrogen) atoms. The normalized spacial score (nSPS) is 29.4. The minimum absolute atomic E-state index is 0.293. The van der Waals surface area contributed by atoms with Gasteiger partial charge in [0.25, 0.3) is 5.03 Å². The molecule has 0 radical (unpaired) electrons. The van der Waals surface area contributed by atoms with E-state index in [2.05, 4.69) is 0 Å². The van der Waals surface area contributed by atoms with Crippen molar-refractivity contribution in [2.45, 2.75) is 13.3 Å². The average molecular weight is 215 g/mol. The molecular weight excluding hydrogens is 202 g/mol. The van der Waals surface area contributed by atoms with Gasteiger partial charge in [0.1, 0.15) is 6.29 Å². The maximum absolute atomic E-state index is 10.8. The Morgan fingerprint density at radius 2 is 2.36 bits per heavy atom. The van der Waals surface area contributed by atoms with Gasteiger partial charge < -0.3 is 4.79 Å². The number of rotatable bonds is 5. The zero-order valence-electron chi connectivity index (χ0n) is 8.01. The molecule has 1 rings (SSSR count). The van der Waals surface area contributed by atoms with Crippen molar-refractivity contribution in [2.24, 2.45) is 0 Å². The van der Waals surface area contributed by atoms with Crippen LogP contribution in [0.15, 0.2) is 22.6 Å². The molecule has 0 saturated heterocycles. The standard InChI is InChI=1S/C9H13NO3S/c1-2-14(8-4-6-11)7-3-5-9(14)10(12)13/h3,5-7H,2,4,8H2,1H3. The van der Waals surface area contributed by atoms with Crippen LogP contribution in [0.5, 0.6) is 0 Å². The first-order valence-corrected chi connectivity index (χ1v) is 6.45. The van der Waals surface area contributed by atoms with Gasteiger partial charge in [-0.05, 0) is 23.0 Å². The van der Waals surface area contributed by atoms with E-state index in [4.69, 9.17) is 0 Å². The molecule has 1 heterocycles. The van der Waals surface area contributed by atoms with Crippen molar-refractivity contribution in [1.29, 1.82) is 0 Å². The van der Waals surface area contributed by atoms with Gasteiger partial charge in [0.2, 0.25) is 0 Å². The number of allylic oxidation sites excluding steroid dienone is 2. The lowest BCUT2D eigenvalue weighted by Crippen LogP contribution is -2.12. The van der Waals surface area contributed by atoms with E-state index in [0.717, 1.165) is 12.0 Å². The van der Waals surface area contributed by atoms with E-state index in [1.165, 1.54) is 0 Å². The molecular formula is C9H13NO3S. The Kier molecular flexibility index (Phi) is 3.46. The predicted octanol–water partition coefficient (Wildman–Crippen LogP) is 2.05. The highest BCUT2D eigenvalue weighted by Gasteiger charge is 2.35. The Morgan fingerprint density at radius 1 is 1.64 bits per heavy atom. The van der Waals surface area contributed by atoms with Gasteiger partial charge in [-0.2, -0.15) is 0 Å². The summed E-state index contributed by atoms with van der Waals surface area (Å²) in [5.74, 6) is 1.35. The zero-order chi connectivity index (χ0) is 10.6. The Morgan fingerprint density at radius 3 is 2.86 bits per heavy atom. The number of carbonyl (C=O) groups is 1. The lowest BCUT2D eigenvalue weighted by Gasteiger charge is -2.28. The molecule has 1 unspecified atom stereocenters. The first kappa shape index (κ1) is 11.0. The van der Waals surface area contributed by atoms with Gasteiger partial charge in [0, 0.05) is 12.5 Å². The van der Waals surface area contributed by atoms with E-state index in [-0.39, 0.29) is 4.92 Å². The third-order valence-electron chi connectivity index (χ3n) is 2.29. The van der Waals surface area contributed by atoms with Crippen molar-refractivity contribution in [1.82, 2.24) is 0 Å². The third-order valence-corrected chi connectivity index (χ3v) is 6.08. The molecule has 1 aliphatic heterocycles. The van der Waals surface area contributed by atoms with E-state index in [1.807, 2.05) is 12.3 Å². The topological polar surface area (TPSA) is 60.2 Å². The molecule has 0 fully saturated rings. The minimum atomic E-state index is -1.45. The highest BCUT2D eigenvalue weighted by Crippen LogP contribution is 2.59. The molecule has 0 amide bonds. The van der Waals surface area contributed by atoms with Crippen molar-refractivity contribution < 1.29 is 9.72 Å². The van der Waals surface area contributed by atoms with Crippen LogP contribution in [0.25, 0.3) is 0 Å². The summed E-state index contributed by atoms with van der Waals surface area (Å²) in [6.45, 7) is 1.94. The van der Waals surface area contributed by atoms with Crippen molar-refractivity contribution in [3.8, 4) is 0 Å². The number of carbonyl (C=O) groups excluding carboxylic acids is 1. The van der Waals surface area contributed by atoms with Crippen LogP contribution in [0.1, 0.15) is 13.3 Å². The van der Waals surface area contributed by atoms with Gasteiger partial charge >= 0.3 is 0 Å². The fourth-order valence-corrected chi connectivity index (χ4v) is 4.31. The van der Waals surface area contributed by atoms with Crippen LogP contribution < -0.4 is 0 Å². The molecule has 4 nitrogen and oxygen atoms in total. The Labute approximate surface area is 84.1 Å². The molecule has 0 bridgehead atoms. The molecule has 0 saturated carbocycles. The highest BCUT2D eigenvalue weighted by molar-refractivity contribution is 8.39. The summed E-state index contributed by atoms with van der Waals surface area (Å²) < 4.78 is 0. The molecule has 0 aromatic rings. The summed E-state index contributed by atoms with van der Waals surface area (Å²) in [6, 6.07) is 0. The molecule has 5 heteroatoms.